The number of aromatic nitrogens is 2. The van der Waals surface area contributed by atoms with Gasteiger partial charge in [-0.25, -0.2) is 8.78 Å². The highest BCUT2D eigenvalue weighted by Crippen LogP contribution is 2.23. The largest absolute Gasteiger partial charge is 0.330 e. The molecule has 0 aliphatic heterocycles. The van der Waals surface area contributed by atoms with Gasteiger partial charge in [0.05, 0.1) is 29.3 Å². The summed E-state index contributed by atoms with van der Waals surface area (Å²) in [5, 5.41) is 11.1. The number of anilines is 2. The average Bonchev–Trinajstić information content (AvgIpc) is 2.87. The Morgan fingerprint density at radius 2 is 1.89 bits per heavy atom. The Bertz CT molecular complexity index is 1000. The third kappa shape index (κ3) is 4.43. The zero-order valence-corrected chi connectivity index (χ0v) is 16.3. The highest BCUT2D eigenvalue weighted by molar-refractivity contribution is 7.80. The monoisotopic (exact) mass is 406 g/mol. The van der Waals surface area contributed by atoms with E-state index in [1.54, 1.807) is 0 Å². The standard InChI is InChI=1S/C19H17ClF2N4S/c1-11-18(24-19(27)23-17-8-7-14(21)9-16(17)22)12(2)26(25-11)10-13-5-3-4-6-15(13)20/h3-9H,10H2,1-2H3,(H2,23,24,27). The van der Waals surface area contributed by atoms with Gasteiger partial charge in [-0.15, -0.1) is 0 Å². The summed E-state index contributed by atoms with van der Waals surface area (Å²) in [5.74, 6) is -1.37. The van der Waals surface area contributed by atoms with Gasteiger partial charge in [-0.3, -0.25) is 4.68 Å². The van der Waals surface area contributed by atoms with Gasteiger partial charge in [0.2, 0.25) is 0 Å². The van der Waals surface area contributed by atoms with Crippen LogP contribution in [0.1, 0.15) is 17.0 Å². The van der Waals surface area contributed by atoms with E-state index in [4.69, 9.17) is 23.8 Å². The first kappa shape index (κ1) is 19.3. The van der Waals surface area contributed by atoms with Gasteiger partial charge < -0.3 is 10.6 Å². The third-order valence-corrected chi connectivity index (χ3v) is 4.65. The highest BCUT2D eigenvalue weighted by atomic mass is 35.5. The zero-order chi connectivity index (χ0) is 19.6. The predicted molar refractivity (Wildman–Crippen MR) is 108 cm³/mol. The molecule has 0 bridgehead atoms. The summed E-state index contributed by atoms with van der Waals surface area (Å²) in [7, 11) is 0. The Morgan fingerprint density at radius 3 is 2.59 bits per heavy atom. The van der Waals surface area contributed by atoms with Crippen LogP contribution in [0, 0.1) is 25.5 Å². The van der Waals surface area contributed by atoms with Crippen LogP contribution < -0.4 is 10.6 Å². The van der Waals surface area contributed by atoms with Crippen LogP contribution in [-0.2, 0) is 6.54 Å². The van der Waals surface area contributed by atoms with Crippen LogP contribution in [0.5, 0.6) is 0 Å². The molecule has 2 aromatic carbocycles. The molecule has 0 saturated carbocycles. The van der Waals surface area contributed by atoms with Gasteiger partial charge in [0.25, 0.3) is 0 Å². The van der Waals surface area contributed by atoms with Gasteiger partial charge in [0.1, 0.15) is 11.6 Å². The SMILES string of the molecule is Cc1nn(Cc2ccccc2Cl)c(C)c1NC(=S)Nc1ccc(F)cc1F. The van der Waals surface area contributed by atoms with Crippen LogP contribution in [0.15, 0.2) is 42.5 Å². The topological polar surface area (TPSA) is 41.9 Å². The van der Waals surface area contributed by atoms with Gasteiger partial charge in [0.15, 0.2) is 5.11 Å². The molecule has 0 amide bonds. The molecular formula is C19H17ClF2N4S. The minimum Gasteiger partial charge on any atom is -0.330 e. The van der Waals surface area contributed by atoms with Crippen molar-refractivity contribution in [1.82, 2.24) is 9.78 Å². The van der Waals surface area contributed by atoms with E-state index in [0.29, 0.717) is 11.6 Å². The minimum atomic E-state index is -0.720. The van der Waals surface area contributed by atoms with Crippen molar-refractivity contribution in [1.29, 1.82) is 0 Å². The van der Waals surface area contributed by atoms with Crippen molar-refractivity contribution >= 4 is 40.3 Å². The molecule has 0 fully saturated rings. The number of hydrogen-bond donors (Lipinski definition) is 2. The van der Waals surface area contributed by atoms with E-state index in [1.165, 1.54) is 6.07 Å². The van der Waals surface area contributed by atoms with Crippen molar-refractivity contribution in [3.63, 3.8) is 0 Å². The quantitative estimate of drug-likeness (QED) is 0.578. The molecule has 0 atom stereocenters. The number of aryl methyl sites for hydroxylation is 1. The lowest BCUT2D eigenvalue weighted by atomic mass is 10.2. The lowest BCUT2D eigenvalue weighted by Crippen LogP contribution is -2.20. The number of nitrogens with zero attached hydrogens (tertiary/aromatic N) is 2. The minimum absolute atomic E-state index is 0.0904. The summed E-state index contributed by atoms with van der Waals surface area (Å²) in [5.41, 5.74) is 3.36. The smallest absolute Gasteiger partial charge is 0.175 e. The summed E-state index contributed by atoms with van der Waals surface area (Å²) in [6.45, 7) is 4.26. The Hall–Kier alpha value is -2.51. The second-order valence-electron chi connectivity index (χ2n) is 6.00. The number of halogens is 3. The van der Waals surface area contributed by atoms with Crippen molar-refractivity contribution in [2.45, 2.75) is 20.4 Å². The Labute approximate surface area is 166 Å². The highest BCUT2D eigenvalue weighted by Gasteiger charge is 2.14. The molecule has 0 unspecified atom stereocenters. The second kappa shape index (κ2) is 8.02. The van der Waals surface area contributed by atoms with Crippen molar-refractivity contribution in [2.75, 3.05) is 10.6 Å². The van der Waals surface area contributed by atoms with Crippen molar-refractivity contribution in [3.05, 3.63) is 76.1 Å². The first-order chi connectivity index (χ1) is 12.8. The summed E-state index contributed by atoms with van der Waals surface area (Å²) in [6, 6.07) is 10.8. The molecule has 0 spiro atoms. The molecule has 1 aromatic heterocycles. The van der Waals surface area contributed by atoms with E-state index >= 15 is 0 Å². The molecule has 140 valence electrons. The molecule has 3 rings (SSSR count). The van der Waals surface area contributed by atoms with Crippen LogP contribution in [0.25, 0.3) is 0 Å². The van der Waals surface area contributed by atoms with Crippen molar-refractivity contribution in [2.24, 2.45) is 0 Å². The molecule has 27 heavy (non-hydrogen) atoms. The van der Waals surface area contributed by atoms with Crippen molar-refractivity contribution < 1.29 is 8.78 Å². The summed E-state index contributed by atoms with van der Waals surface area (Å²) >= 11 is 11.5. The second-order valence-corrected chi connectivity index (χ2v) is 6.81. The van der Waals surface area contributed by atoms with Crippen LogP contribution in [0.2, 0.25) is 5.02 Å². The number of thiocarbonyl (C=S) groups is 1. The van der Waals surface area contributed by atoms with Crippen molar-refractivity contribution in [3.8, 4) is 0 Å². The lowest BCUT2D eigenvalue weighted by Gasteiger charge is -2.12. The van der Waals surface area contributed by atoms with Gasteiger partial charge in [-0.05, 0) is 49.8 Å². The molecule has 3 aromatic rings. The van der Waals surface area contributed by atoms with E-state index in [2.05, 4.69) is 15.7 Å². The average molecular weight is 407 g/mol. The zero-order valence-electron chi connectivity index (χ0n) is 14.7. The van der Waals surface area contributed by atoms with E-state index in [9.17, 15) is 8.78 Å². The summed E-state index contributed by atoms with van der Waals surface area (Å²) < 4.78 is 28.6. The molecule has 0 saturated heterocycles. The number of nitrogens with one attached hydrogen (secondary N) is 2. The summed E-state index contributed by atoms with van der Waals surface area (Å²) in [6.07, 6.45) is 0. The maximum Gasteiger partial charge on any atom is 0.175 e. The van der Waals surface area contributed by atoms with Gasteiger partial charge in [0, 0.05) is 11.1 Å². The number of hydrogen-bond acceptors (Lipinski definition) is 2. The maximum atomic E-state index is 13.8. The Morgan fingerprint density at radius 1 is 1.15 bits per heavy atom. The molecule has 2 N–H and O–H groups in total. The predicted octanol–water partition coefficient (Wildman–Crippen LogP) is 5.29. The fourth-order valence-corrected chi connectivity index (χ4v) is 3.09. The van der Waals surface area contributed by atoms with Crippen LogP contribution in [0.3, 0.4) is 0 Å². The van der Waals surface area contributed by atoms with E-state index in [-0.39, 0.29) is 10.8 Å². The van der Waals surface area contributed by atoms with Gasteiger partial charge >= 0.3 is 0 Å². The van der Waals surface area contributed by atoms with Crippen LogP contribution in [0.4, 0.5) is 20.2 Å². The van der Waals surface area contributed by atoms with E-state index < -0.39 is 11.6 Å². The van der Waals surface area contributed by atoms with E-state index in [1.807, 2.05) is 42.8 Å². The molecule has 8 heteroatoms. The van der Waals surface area contributed by atoms with Crippen LogP contribution in [-0.4, -0.2) is 14.9 Å². The fourth-order valence-electron chi connectivity index (χ4n) is 2.68. The Kier molecular flexibility index (Phi) is 5.72. The summed E-state index contributed by atoms with van der Waals surface area (Å²) in [4.78, 5) is 0. The molecular weight excluding hydrogens is 390 g/mol. The molecule has 1 heterocycles. The molecule has 0 aliphatic carbocycles. The number of rotatable bonds is 4. The first-order valence-corrected chi connectivity index (χ1v) is 8.94. The van der Waals surface area contributed by atoms with E-state index in [0.717, 1.165) is 34.8 Å². The first-order valence-electron chi connectivity index (χ1n) is 8.15. The fraction of sp³-hybridized carbons (Fsp3) is 0.158. The Balaban J connectivity index is 1.76. The normalized spacial score (nSPS) is 10.7. The lowest BCUT2D eigenvalue weighted by molar-refractivity contribution is 0.586. The molecule has 0 aliphatic rings. The third-order valence-electron chi connectivity index (χ3n) is 4.08. The number of benzene rings is 2. The van der Waals surface area contributed by atoms with Gasteiger partial charge in [-0.2, -0.15) is 5.10 Å². The van der Waals surface area contributed by atoms with Gasteiger partial charge in [-0.1, -0.05) is 29.8 Å². The molecule has 4 nitrogen and oxygen atoms in total. The maximum absolute atomic E-state index is 13.8. The van der Waals surface area contributed by atoms with Crippen LogP contribution >= 0.6 is 23.8 Å². The molecule has 0 radical (unpaired) electrons.